The third-order valence-corrected chi connectivity index (χ3v) is 3.22. The summed E-state index contributed by atoms with van der Waals surface area (Å²) in [5.41, 5.74) is 2.74. The van der Waals surface area contributed by atoms with Crippen LogP contribution >= 0.6 is 15.9 Å². The summed E-state index contributed by atoms with van der Waals surface area (Å²) < 4.78 is 6.14. The fourth-order valence-corrected chi connectivity index (χ4v) is 2.07. The number of carboxylic acids is 1. The molecule has 0 aliphatic carbocycles. The second-order valence-electron chi connectivity index (χ2n) is 3.37. The SMILES string of the molecule is COc1c(CC(=O)O)cc(Br)c(C)c1C. The van der Waals surface area contributed by atoms with E-state index >= 15 is 0 Å². The van der Waals surface area contributed by atoms with Crippen LogP contribution in [0.5, 0.6) is 5.75 Å². The van der Waals surface area contributed by atoms with Crippen LogP contribution in [0.3, 0.4) is 0 Å². The topological polar surface area (TPSA) is 46.5 Å². The number of carboxylic acid groups (broad SMARTS) is 1. The van der Waals surface area contributed by atoms with E-state index in [2.05, 4.69) is 15.9 Å². The maximum absolute atomic E-state index is 10.7. The molecule has 1 rings (SSSR count). The summed E-state index contributed by atoms with van der Waals surface area (Å²) in [6.45, 7) is 3.89. The molecule has 0 aliphatic heterocycles. The van der Waals surface area contributed by atoms with E-state index in [4.69, 9.17) is 9.84 Å². The predicted octanol–water partition coefficient (Wildman–Crippen LogP) is 2.70. The van der Waals surface area contributed by atoms with E-state index < -0.39 is 5.97 Å². The van der Waals surface area contributed by atoms with Gasteiger partial charge in [-0.25, -0.2) is 0 Å². The van der Waals surface area contributed by atoms with Gasteiger partial charge in [-0.3, -0.25) is 4.79 Å². The third-order valence-electron chi connectivity index (χ3n) is 2.40. The van der Waals surface area contributed by atoms with Crippen LogP contribution in [0, 0.1) is 13.8 Å². The monoisotopic (exact) mass is 272 g/mol. The van der Waals surface area contributed by atoms with Gasteiger partial charge in [-0.15, -0.1) is 0 Å². The number of hydrogen-bond acceptors (Lipinski definition) is 2. The lowest BCUT2D eigenvalue weighted by Gasteiger charge is -2.13. The van der Waals surface area contributed by atoms with E-state index in [9.17, 15) is 4.79 Å². The fraction of sp³-hybridized carbons (Fsp3) is 0.364. The summed E-state index contributed by atoms with van der Waals surface area (Å²) in [6.07, 6.45) is -0.0249. The van der Waals surface area contributed by atoms with Crippen LogP contribution in [0.4, 0.5) is 0 Å². The molecule has 0 atom stereocenters. The summed E-state index contributed by atoms with van der Waals surface area (Å²) in [4.78, 5) is 10.7. The van der Waals surface area contributed by atoms with Gasteiger partial charge in [0.2, 0.25) is 0 Å². The van der Waals surface area contributed by atoms with Crippen molar-refractivity contribution in [3.63, 3.8) is 0 Å². The van der Waals surface area contributed by atoms with Crippen LogP contribution in [0.25, 0.3) is 0 Å². The maximum Gasteiger partial charge on any atom is 0.307 e. The number of hydrogen-bond donors (Lipinski definition) is 1. The van der Waals surface area contributed by atoms with Gasteiger partial charge in [-0.05, 0) is 31.0 Å². The minimum Gasteiger partial charge on any atom is -0.496 e. The van der Waals surface area contributed by atoms with Crippen LogP contribution in [0.15, 0.2) is 10.5 Å². The van der Waals surface area contributed by atoms with Crippen LogP contribution < -0.4 is 4.74 Å². The highest BCUT2D eigenvalue weighted by molar-refractivity contribution is 9.10. The van der Waals surface area contributed by atoms with Crippen LogP contribution in [-0.2, 0) is 11.2 Å². The predicted molar refractivity (Wildman–Crippen MR) is 61.5 cm³/mol. The van der Waals surface area contributed by atoms with Gasteiger partial charge in [-0.2, -0.15) is 0 Å². The molecule has 0 fully saturated rings. The highest BCUT2D eigenvalue weighted by Crippen LogP contribution is 2.32. The van der Waals surface area contributed by atoms with Crippen molar-refractivity contribution in [1.82, 2.24) is 0 Å². The molecule has 4 heteroatoms. The van der Waals surface area contributed by atoms with Crippen molar-refractivity contribution >= 4 is 21.9 Å². The molecule has 82 valence electrons. The summed E-state index contributed by atoms with van der Waals surface area (Å²) in [5.74, 6) is -0.193. The number of benzene rings is 1. The summed E-state index contributed by atoms with van der Waals surface area (Å²) in [6, 6.07) is 1.80. The Morgan fingerprint density at radius 2 is 2.07 bits per heavy atom. The summed E-state index contributed by atoms with van der Waals surface area (Å²) in [7, 11) is 1.56. The van der Waals surface area contributed by atoms with Crippen molar-refractivity contribution in [2.24, 2.45) is 0 Å². The quantitative estimate of drug-likeness (QED) is 0.921. The molecule has 1 aromatic rings. The minimum absolute atomic E-state index is 0.0249. The molecule has 1 N–H and O–H groups in total. The van der Waals surface area contributed by atoms with Gasteiger partial charge < -0.3 is 9.84 Å². The van der Waals surface area contributed by atoms with Crippen molar-refractivity contribution < 1.29 is 14.6 Å². The Labute approximate surface area is 97.2 Å². The van der Waals surface area contributed by atoms with Crippen molar-refractivity contribution in [2.45, 2.75) is 20.3 Å². The van der Waals surface area contributed by atoms with Crippen LogP contribution in [0.1, 0.15) is 16.7 Å². The Hall–Kier alpha value is -1.03. The molecule has 0 spiro atoms. The number of carbonyl (C=O) groups is 1. The van der Waals surface area contributed by atoms with E-state index in [1.807, 2.05) is 13.8 Å². The molecule has 0 unspecified atom stereocenters. The van der Waals surface area contributed by atoms with E-state index in [1.54, 1.807) is 13.2 Å². The van der Waals surface area contributed by atoms with Gasteiger partial charge in [0.05, 0.1) is 13.5 Å². The first-order chi connectivity index (χ1) is 6.97. The zero-order valence-electron chi connectivity index (χ0n) is 8.93. The van der Waals surface area contributed by atoms with Gasteiger partial charge in [0.15, 0.2) is 0 Å². The molecule has 0 heterocycles. The molecule has 15 heavy (non-hydrogen) atoms. The van der Waals surface area contributed by atoms with Crippen molar-refractivity contribution in [3.05, 3.63) is 27.2 Å². The average molecular weight is 273 g/mol. The molecule has 0 bridgehead atoms. The molecule has 0 amide bonds. The maximum atomic E-state index is 10.7. The van der Waals surface area contributed by atoms with Crippen molar-refractivity contribution in [1.29, 1.82) is 0 Å². The average Bonchev–Trinajstić information content (AvgIpc) is 2.14. The first-order valence-corrected chi connectivity index (χ1v) is 5.31. The van der Waals surface area contributed by atoms with Crippen LogP contribution in [-0.4, -0.2) is 18.2 Å². The second-order valence-corrected chi connectivity index (χ2v) is 4.23. The molecule has 1 aromatic carbocycles. The van der Waals surface area contributed by atoms with Gasteiger partial charge in [0, 0.05) is 10.0 Å². The van der Waals surface area contributed by atoms with Gasteiger partial charge >= 0.3 is 5.97 Å². The first-order valence-electron chi connectivity index (χ1n) is 4.51. The van der Waals surface area contributed by atoms with Gasteiger partial charge in [0.1, 0.15) is 5.75 Å². The standard InChI is InChI=1S/C11H13BrO3/c1-6-7(2)11(15-3)8(4-9(6)12)5-10(13)14/h4H,5H2,1-3H3,(H,13,14). The molecule has 0 saturated carbocycles. The molecule has 3 nitrogen and oxygen atoms in total. The lowest BCUT2D eigenvalue weighted by Crippen LogP contribution is -2.04. The largest absolute Gasteiger partial charge is 0.496 e. The molecule has 0 radical (unpaired) electrons. The minimum atomic E-state index is -0.858. The first kappa shape index (κ1) is 12.0. The van der Waals surface area contributed by atoms with E-state index in [0.29, 0.717) is 11.3 Å². The van der Waals surface area contributed by atoms with Crippen molar-refractivity contribution in [3.8, 4) is 5.75 Å². The molecule has 0 aliphatic rings. The van der Waals surface area contributed by atoms with Gasteiger partial charge in [-0.1, -0.05) is 15.9 Å². The normalized spacial score (nSPS) is 10.1. The zero-order valence-corrected chi connectivity index (χ0v) is 10.5. The number of ether oxygens (including phenoxy) is 1. The van der Waals surface area contributed by atoms with E-state index in [-0.39, 0.29) is 6.42 Å². The number of aliphatic carboxylic acids is 1. The zero-order chi connectivity index (χ0) is 11.6. The van der Waals surface area contributed by atoms with Gasteiger partial charge in [0.25, 0.3) is 0 Å². The Morgan fingerprint density at radius 3 is 2.53 bits per heavy atom. The number of halogens is 1. The lowest BCUT2D eigenvalue weighted by molar-refractivity contribution is -0.136. The highest BCUT2D eigenvalue weighted by Gasteiger charge is 2.14. The Morgan fingerprint density at radius 1 is 1.47 bits per heavy atom. The van der Waals surface area contributed by atoms with E-state index in [1.165, 1.54) is 0 Å². The van der Waals surface area contributed by atoms with E-state index in [0.717, 1.165) is 15.6 Å². The number of rotatable bonds is 3. The smallest absolute Gasteiger partial charge is 0.307 e. The Kier molecular flexibility index (Phi) is 3.74. The molecular formula is C11H13BrO3. The Balaban J connectivity index is 3.31. The highest BCUT2D eigenvalue weighted by atomic mass is 79.9. The molecule has 0 aromatic heterocycles. The summed E-state index contributed by atoms with van der Waals surface area (Å²) >= 11 is 3.40. The van der Waals surface area contributed by atoms with Crippen molar-refractivity contribution in [2.75, 3.05) is 7.11 Å². The fourth-order valence-electron chi connectivity index (χ4n) is 1.50. The third kappa shape index (κ3) is 2.50. The van der Waals surface area contributed by atoms with Crippen LogP contribution in [0.2, 0.25) is 0 Å². The molecular weight excluding hydrogens is 260 g/mol. The number of methoxy groups -OCH3 is 1. The summed E-state index contributed by atoms with van der Waals surface area (Å²) in [5, 5.41) is 8.77. The Bertz CT molecular complexity index is 399. The molecule has 0 saturated heterocycles. The second kappa shape index (κ2) is 4.66. The lowest BCUT2D eigenvalue weighted by atomic mass is 10.0.